The van der Waals surface area contributed by atoms with E-state index in [1.165, 1.54) is 36.4 Å². The molecule has 5 rings (SSSR count). The van der Waals surface area contributed by atoms with Crippen molar-refractivity contribution in [2.75, 3.05) is 13.1 Å². The van der Waals surface area contributed by atoms with Crippen molar-refractivity contribution in [2.45, 2.75) is 40.7 Å². The van der Waals surface area contributed by atoms with Gasteiger partial charge in [0.1, 0.15) is 10.7 Å². The third kappa shape index (κ3) is 4.31. The maximum absolute atomic E-state index is 14.5. The number of sulfonamides is 2. The van der Waals surface area contributed by atoms with Gasteiger partial charge in [-0.1, -0.05) is 30.3 Å². The minimum absolute atomic E-state index is 0.0200. The van der Waals surface area contributed by atoms with E-state index in [1.807, 2.05) is 0 Å². The van der Waals surface area contributed by atoms with E-state index in [2.05, 4.69) is 0 Å². The molecule has 1 aliphatic carbocycles. The fraction of sp³-hybridized carbons (Fsp3) is 0.364. The quantitative estimate of drug-likeness (QED) is 0.438. The van der Waals surface area contributed by atoms with E-state index in [9.17, 15) is 42.8 Å². The van der Waals surface area contributed by atoms with Crippen molar-refractivity contribution in [1.29, 1.82) is 0 Å². The second kappa shape index (κ2) is 8.74. The SMILES string of the molecule is O=S(=O)(c1cc2ccccc2n1S(=O)(=O)c1ccccc1F)N1CCC2(CC1)CC2NS(=O)(=O)C(F)(F)F. The van der Waals surface area contributed by atoms with Crippen LogP contribution >= 0.6 is 0 Å². The minimum Gasteiger partial charge on any atom is -0.221 e. The highest BCUT2D eigenvalue weighted by molar-refractivity contribution is 7.92. The summed E-state index contributed by atoms with van der Waals surface area (Å²) in [5, 5.41) is -0.327. The molecule has 3 aromatic rings. The van der Waals surface area contributed by atoms with E-state index < -0.39 is 62.8 Å². The number of fused-ring (bicyclic) bond motifs is 1. The Morgan fingerprint density at radius 3 is 2.11 bits per heavy atom. The molecule has 1 aromatic heterocycles. The second-order valence-electron chi connectivity index (χ2n) is 9.33. The van der Waals surface area contributed by atoms with Gasteiger partial charge in [0.25, 0.3) is 20.0 Å². The van der Waals surface area contributed by atoms with Gasteiger partial charge in [-0.05, 0) is 48.9 Å². The zero-order chi connectivity index (χ0) is 27.7. The molecule has 1 aliphatic heterocycles. The number of nitrogens with one attached hydrogen (secondary N) is 1. The van der Waals surface area contributed by atoms with Gasteiger partial charge in [-0.3, -0.25) is 0 Å². The van der Waals surface area contributed by atoms with Crippen LogP contribution in [0.25, 0.3) is 10.9 Å². The minimum atomic E-state index is -5.54. The molecule has 1 atom stereocenters. The standard InChI is InChI=1S/C22H21F4N3O6S3/c23-16-6-2-4-8-18(16)36(30,31)29-17-7-3-1-5-15(17)13-20(29)37(32,33)28-11-9-21(10-12-28)14-19(21)27-38(34,35)22(24,25)26/h1-8,13,19,27H,9-12,14H2. The summed E-state index contributed by atoms with van der Waals surface area (Å²) in [4.78, 5) is -0.715. The summed E-state index contributed by atoms with van der Waals surface area (Å²) < 4.78 is 133. The van der Waals surface area contributed by atoms with Crippen molar-refractivity contribution in [3.63, 3.8) is 0 Å². The highest BCUT2D eigenvalue weighted by Gasteiger charge is 2.60. The van der Waals surface area contributed by atoms with Crippen LogP contribution in [0.5, 0.6) is 0 Å². The monoisotopic (exact) mass is 595 g/mol. The molecule has 1 saturated carbocycles. The molecule has 9 nitrogen and oxygen atoms in total. The first-order valence-electron chi connectivity index (χ1n) is 11.3. The van der Waals surface area contributed by atoms with Gasteiger partial charge in [0.15, 0.2) is 5.03 Å². The molecule has 1 unspecified atom stereocenters. The first-order chi connectivity index (χ1) is 17.6. The van der Waals surface area contributed by atoms with Crippen LogP contribution in [0.2, 0.25) is 0 Å². The summed E-state index contributed by atoms with van der Waals surface area (Å²) in [5.41, 5.74) is -6.26. The Balaban J connectivity index is 1.47. The lowest BCUT2D eigenvalue weighted by molar-refractivity contribution is -0.0449. The zero-order valence-electron chi connectivity index (χ0n) is 19.4. The Kier molecular flexibility index (Phi) is 6.22. The Morgan fingerprint density at radius 1 is 0.868 bits per heavy atom. The van der Waals surface area contributed by atoms with Crippen LogP contribution in [-0.4, -0.2) is 58.2 Å². The Hall–Kier alpha value is -2.53. The van der Waals surface area contributed by atoms with Crippen LogP contribution in [0.3, 0.4) is 0 Å². The number of hydrogen-bond acceptors (Lipinski definition) is 6. The summed E-state index contributed by atoms with van der Waals surface area (Å²) >= 11 is 0. The third-order valence-electron chi connectivity index (χ3n) is 7.10. The van der Waals surface area contributed by atoms with E-state index in [0.29, 0.717) is 3.97 Å². The van der Waals surface area contributed by atoms with Gasteiger partial charge in [-0.25, -0.2) is 38.3 Å². The van der Waals surface area contributed by atoms with Crippen LogP contribution < -0.4 is 4.72 Å². The van der Waals surface area contributed by atoms with Crippen molar-refractivity contribution in [3.05, 3.63) is 60.4 Å². The van der Waals surface area contributed by atoms with Gasteiger partial charge >= 0.3 is 15.5 Å². The molecule has 0 bridgehead atoms. The Morgan fingerprint density at radius 2 is 1.47 bits per heavy atom. The molecule has 1 saturated heterocycles. The number of alkyl halides is 3. The number of halogens is 4. The lowest BCUT2D eigenvalue weighted by Gasteiger charge is -2.32. The number of nitrogens with zero attached hydrogens (tertiary/aromatic N) is 2. The van der Waals surface area contributed by atoms with E-state index in [4.69, 9.17) is 0 Å². The van der Waals surface area contributed by atoms with E-state index in [0.717, 1.165) is 16.4 Å². The van der Waals surface area contributed by atoms with Crippen LogP contribution in [-0.2, 0) is 30.1 Å². The molecule has 0 radical (unpaired) electrons. The lowest BCUT2D eigenvalue weighted by Crippen LogP contribution is -2.44. The van der Waals surface area contributed by atoms with Crippen LogP contribution in [0.15, 0.2) is 64.5 Å². The number of aromatic nitrogens is 1. The zero-order valence-corrected chi connectivity index (χ0v) is 21.8. The Labute approximate surface area is 216 Å². The Bertz CT molecular complexity index is 1740. The molecule has 2 aliphatic rings. The molecule has 16 heteroatoms. The highest BCUT2D eigenvalue weighted by atomic mass is 32.2. The van der Waals surface area contributed by atoms with Crippen LogP contribution in [0.4, 0.5) is 17.6 Å². The van der Waals surface area contributed by atoms with Gasteiger partial charge < -0.3 is 0 Å². The fourth-order valence-corrected chi connectivity index (χ4v) is 9.32. The summed E-state index contributed by atoms with van der Waals surface area (Å²) in [7, 11) is -14.7. The first kappa shape index (κ1) is 27.1. The first-order valence-corrected chi connectivity index (χ1v) is 15.7. The van der Waals surface area contributed by atoms with E-state index in [1.54, 1.807) is 10.8 Å². The molecule has 1 spiro atoms. The summed E-state index contributed by atoms with van der Waals surface area (Å²) in [6.07, 6.45) is 0.257. The molecule has 2 fully saturated rings. The largest absolute Gasteiger partial charge is 0.511 e. The maximum Gasteiger partial charge on any atom is 0.511 e. The van der Waals surface area contributed by atoms with Gasteiger partial charge in [0, 0.05) is 24.5 Å². The van der Waals surface area contributed by atoms with E-state index >= 15 is 0 Å². The smallest absolute Gasteiger partial charge is 0.221 e. The van der Waals surface area contributed by atoms with Crippen molar-refractivity contribution >= 4 is 41.0 Å². The number of hydrogen-bond donors (Lipinski definition) is 1. The lowest BCUT2D eigenvalue weighted by atomic mass is 9.94. The summed E-state index contributed by atoms with van der Waals surface area (Å²) in [5.74, 6) is -1.06. The van der Waals surface area contributed by atoms with Crippen molar-refractivity contribution in [3.8, 4) is 0 Å². The average molecular weight is 596 g/mol. The molecule has 1 N–H and O–H groups in total. The highest BCUT2D eigenvalue weighted by Crippen LogP contribution is 2.55. The van der Waals surface area contributed by atoms with Crippen molar-refractivity contribution in [1.82, 2.24) is 13.0 Å². The van der Waals surface area contributed by atoms with Gasteiger partial charge in [0.05, 0.1) is 5.52 Å². The molecule has 2 heterocycles. The van der Waals surface area contributed by atoms with Crippen LogP contribution in [0.1, 0.15) is 19.3 Å². The van der Waals surface area contributed by atoms with Crippen molar-refractivity contribution < 1.29 is 42.8 Å². The van der Waals surface area contributed by atoms with E-state index in [-0.39, 0.29) is 43.3 Å². The molecule has 2 aromatic carbocycles. The number of piperidine rings is 1. The molecule has 38 heavy (non-hydrogen) atoms. The number of benzene rings is 2. The summed E-state index contributed by atoms with van der Waals surface area (Å²) in [6.45, 7) is -0.346. The van der Waals surface area contributed by atoms with Crippen molar-refractivity contribution in [2.24, 2.45) is 5.41 Å². The second-order valence-corrected chi connectivity index (χ2v) is 14.7. The average Bonchev–Trinajstić information content (AvgIpc) is 3.30. The predicted octanol–water partition coefficient (Wildman–Crippen LogP) is 3.00. The van der Waals surface area contributed by atoms with Gasteiger partial charge in [-0.15, -0.1) is 0 Å². The normalized spacial score (nSPS) is 20.7. The maximum atomic E-state index is 14.5. The molecular formula is C22H21F4N3O6S3. The van der Waals surface area contributed by atoms with Gasteiger partial charge in [-0.2, -0.15) is 17.5 Å². The van der Waals surface area contributed by atoms with Crippen LogP contribution in [0, 0.1) is 11.2 Å². The molecular weight excluding hydrogens is 574 g/mol. The molecule has 206 valence electrons. The number of para-hydroxylation sites is 1. The third-order valence-corrected chi connectivity index (χ3v) is 12.1. The molecule has 0 amide bonds. The number of rotatable bonds is 6. The van der Waals surface area contributed by atoms with Gasteiger partial charge in [0.2, 0.25) is 0 Å². The summed E-state index contributed by atoms with van der Waals surface area (Å²) in [6, 6.07) is 10.7. The topological polar surface area (TPSA) is 123 Å². The fourth-order valence-electron chi connectivity index (χ4n) is 4.91. The predicted molar refractivity (Wildman–Crippen MR) is 128 cm³/mol.